The molecule has 1 spiro atoms. The molecule has 2 fully saturated rings. The number of pyridine rings is 1. The average molecular weight is 676 g/mol. The Balaban J connectivity index is 1.31. The largest absolute Gasteiger partial charge is 0.508 e. The molecule has 2 aromatic carbocycles. The van der Waals surface area contributed by atoms with Gasteiger partial charge in [-0.2, -0.15) is 9.97 Å². The first-order chi connectivity index (χ1) is 23.7. The van der Waals surface area contributed by atoms with Gasteiger partial charge in [-0.15, -0.1) is 0 Å². The number of likely N-dealkylation sites (N-methyl/N-ethyl adjacent to an activating group) is 1. The Kier molecular flexibility index (Phi) is 9.49. The molecule has 4 aromatic rings. The molecule has 0 saturated carbocycles. The molecule has 3 unspecified atom stereocenters. The molecule has 2 saturated heterocycles. The van der Waals surface area contributed by atoms with Crippen LogP contribution in [0.2, 0.25) is 0 Å². The number of amides is 1. The van der Waals surface area contributed by atoms with Crippen molar-refractivity contribution in [1.29, 1.82) is 0 Å². The first kappa shape index (κ1) is 33.3. The fourth-order valence-corrected chi connectivity index (χ4v) is 7.59. The number of hydrogen-bond acceptors (Lipinski definition) is 10. The number of phenolic OH excluding ortho intramolecular Hbond substituents is 1. The lowest BCUT2D eigenvalue weighted by Crippen LogP contribution is -2.46. The quantitative estimate of drug-likeness (QED) is 0.253. The van der Waals surface area contributed by atoms with Crippen molar-refractivity contribution in [3.63, 3.8) is 0 Å². The molecule has 49 heavy (non-hydrogen) atoms. The van der Waals surface area contributed by atoms with E-state index in [1.54, 1.807) is 18.0 Å². The second-order valence-corrected chi connectivity index (χ2v) is 13.5. The van der Waals surface area contributed by atoms with Crippen molar-refractivity contribution in [3.8, 4) is 23.0 Å². The average Bonchev–Trinajstić information content (AvgIpc) is 3.63. The molecule has 4 bridgehead atoms. The fraction of sp³-hybridized carbons (Fsp3) is 0.500. The summed E-state index contributed by atoms with van der Waals surface area (Å²) in [5.41, 5.74) is -0.360. The summed E-state index contributed by atoms with van der Waals surface area (Å²) in [5.74, 6) is -1.15. The molecule has 11 nitrogen and oxygen atoms in total. The van der Waals surface area contributed by atoms with E-state index in [2.05, 4.69) is 32.4 Å². The van der Waals surface area contributed by atoms with Crippen LogP contribution in [0.15, 0.2) is 36.5 Å². The molecule has 2 aromatic heterocycles. The molecule has 260 valence electrons. The maximum absolute atomic E-state index is 16.7. The molecule has 1 amide bonds. The Morgan fingerprint density at radius 3 is 2.94 bits per heavy atom. The topological polar surface area (TPSA) is 125 Å². The SMILES string of the molecule is CCCCNC1CNc2nc(nc3c(F)c(-c4cc(O)cc5cccc(F)c45)ncc23)OCC23CCCN2CC(C3)OCCC(=O)N(C)C1. The van der Waals surface area contributed by atoms with Gasteiger partial charge in [-0.05, 0) is 62.4 Å². The zero-order valence-electron chi connectivity index (χ0n) is 28.0. The zero-order chi connectivity index (χ0) is 34.1. The van der Waals surface area contributed by atoms with Crippen LogP contribution in [-0.2, 0) is 9.53 Å². The lowest BCUT2D eigenvalue weighted by molar-refractivity contribution is -0.131. The van der Waals surface area contributed by atoms with Gasteiger partial charge in [0, 0.05) is 49.9 Å². The summed E-state index contributed by atoms with van der Waals surface area (Å²) in [4.78, 5) is 30.9. The van der Waals surface area contributed by atoms with E-state index in [-0.39, 0.29) is 57.5 Å². The van der Waals surface area contributed by atoms with Gasteiger partial charge in [-0.1, -0.05) is 25.5 Å². The standard InChI is InChI=1S/C36H43F2N7O4/c1-3-4-11-39-23-17-41-34-27-18-40-32(26-15-24(46)14-22-7-5-8-28(37)30(22)26)31(38)33(27)42-35(43-34)49-21-36-10-6-12-45(36)20-25(16-36)48-13-9-29(47)44(2)19-23/h5,7-8,14-15,18,23,25,39,46H,3-4,6,9-13,16-17,19-21H2,1-2H3,(H,41,42,43). The van der Waals surface area contributed by atoms with E-state index in [0.717, 1.165) is 51.7 Å². The van der Waals surface area contributed by atoms with Crippen molar-refractivity contribution >= 4 is 33.4 Å². The zero-order valence-corrected chi connectivity index (χ0v) is 28.0. The number of aromatic hydroxyl groups is 1. The molecule has 3 aliphatic rings. The third kappa shape index (κ3) is 6.71. The number of unbranched alkanes of at least 4 members (excludes halogenated alkanes) is 1. The van der Waals surface area contributed by atoms with Crippen LogP contribution >= 0.6 is 0 Å². The highest BCUT2D eigenvalue weighted by molar-refractivity contribution is 6.00. The number of nitrogens with one attached hydrogen (secondary N) is 2. The van der Waals surface area contributed by atoms with Crippen LogP contribution in [0.5, 0.6) is 11.8 Å². The first-order valence-corrected chi connectivity index (χ1v) is 17.2. The van der Waals surface area contributed by atoms with E-state index in [4.69, 9.17) is 14.5 Å². The number of carbonyl (C=O) groups is 1. The summed E-state index contributed by atoms with van der Waals surface area (Å²) in [6, 6.07) is 7.08. The first-order valence-electron chi connectivity index (χ1n) is 17.2. The van der Waals surface area contributed by atoms with E-state index >= 15 is 8.78 Å². The molecule has 0 radical (unpaired) electrons. The Bertz CT molecular complexity index is 1860. The Morgan fingerprint density at radius 2 is 2.08 bits per heavy atom. The number of anilines is 1. The number of nitrogens with zero attached hydrogens (tertiary/aromatic N) is 5. The fourth-order valence-electron chi connectivity index (χ4n) is 7.59. The van der Waals surface area contributed by atoms with Crippen molar-refractivity contribution in [2.75, 3.05) is 58.3 Å². The van der Waals surface area contributed by atoms with Gasteiger partial charge in [-0.25, -0.2) is 8.78 Å². The van der Waals surface area contributed by atoms with Crippen LogP contribution in [0.4, 0.5) is 14.6 Å². The molecular formula is C36H43F2N7O4. The van der Waals surface area contributed by atoms with Crippen molar-refractivity contribution in [2.24, 2.45) is 0 Å². The predicted molar refractivity (Wildman–Crippen MR) is 183 cm³/mol. The third-order valence-corrected chi connectivity index (χ3v) is 10.1. The van der Waals surface area contributed by atoms with Gasteiger partial charge in [0.05, 0.1) is 30.1 Å². The van der Waals surface area contributed by atoms with Crippen molar-refractivity contribution in [2.45, 2.75) is 63.1 Å². The minimum atomic E-state index is -0.785. The monoisotopic (exact) mass is 675 g/mol. The van der Waals surface area contributed by atoms with Crippen LogP contribution in [-0.4, -0.2) is 106 Å². The van der Waals surface area contributed by atoms with Gasteiger partial charge in [0.2, 0.25) is 5.91 Å². The Labute approximate surface area is 284 Å². The minimum Gasteiger partial charge on any atom is -0.508 e. The summed E-state index contributed by atoms with van der Waals surface area (Å²) in [5, 5.41) is 18.3. The number of fused-ring (bicyclic) bond motifs is 6. The van der Waals surface area contributed by atoms with Crippen LogP contribution in [0.3, 0.4) is 0 Å². The molecule has 3 atom stereocenters. The lowest BCUT2D eigenvalue weighted by Gasteiger charge is -2.31. The number of ether oxygens (including phenoxy) is 2. The van der Waals surface area contributed by atoms with E-state index in [9.17, 15) is 9.90 Å². The molecule has 7 rings (SSSR count). The Morgan fingerprint density at radius 1 is 1.20 bits per heavy atom. The highest BCUT2D eigenvalue weighted by atomic mass is 19.1. The highest BCUT2D eigenvalue weighted by Gasteiger charge is 2.49. The number of benzene rings is 2. The van der Waals surface area contributed by atoms with Crippen molar-refractivity contribution in [1.82, 2.24) is 30.1 Å². The van der Waals surface area contributed by atoms with Gasteiger partial charge >= 0.3 is 6.01 Å². The van der Waals surface area contributed by atoms with Crippen LogP contribution in [0.1, 0.15) is 45.4 Å². The smallest absolute Gasteiger partial charge is 0.319 e. The molecular weight excluding hydrogens is 632 g/mol. The van der Waals surface area contributed by atoms with Crippen LogP contribution < -0.4 is 15.4 Å². The second-order valence-electron chi connectivity index (χ2n) is 13.5. The molecule has 13 heteroatoms. The summed E-state index contributed by atoms with van der Waals surface area (Å²) in [6.45, 7) is 6.01. The van der Waals surface area contributed by atoms with E-state index in [0.29, 0.717) is 49.3 Å². The number of carbonyl (C=O) groups excluding carboxylic acids is 1. The summed E-state index contributed by atoms with van der Waals surface area (Å²) in [7, 11) is 1.80. The second kappa shape index (κ2) is 14.0. The number of aromatic nitrogens is 3. The van der Waals surface area contributed by atoms with Crippen LogP contribution in [0, 0.1) is 11.6 Å². The van der Waals surface area contributed by atoms with E-state index in [1.165, 1.54) is 30.5 Å². The number of rotatable bonds is 5. The molecule has 3 aliphatic heterocycles. The number of halogens is 2. The predicted octanol–water partition coefficient (Wildman–Crippen LogP) is 4.86. The maximum Gasteiger partial charge on any atom is 0.319 e. The van der Waals surface area contributed by atoms with Gasteiger partial charge in [-0.3, -0.25) is 14.7 Å². The number of hydrogen-bond donors (Lipinski definition) is 3. The minimum absolute atomic E-state index is 0.00707. The van der Waals surface area contributed by atoms with Gasteiger partial charge < -0.3 is 30.1 Å². The van der Waals surface area contributed by atoms with Crippen molar-refractivity contribution < 1.29 is 28.2 Å². The van der Waals surface area contributed by atoms with Crippen molar-refractivity contribution in [3.05, 3.63) is 48.2 Å². The highest BCUT2D eigenvalue weighted by Crippen LogP contribution is 2.41. The molecule has 5 heterocycles. The van der Waals surface area contributed by atoms with E-state index < -0.39 is 11.6 Å². The summed E-state index contributed by atoms with van der Waals surface area (Å²) >= 11 is 0. The Hall–Kier alpha value is -4.20. The maximum atomic E-state index is 16.7. The van der Waals surface area contributed by atoms with Crippen LogP contribution in [0.25, 0.3) is 32.9 Å². The van der Waals surface area contributed by atoms with Gasteiger partial charge in [0.15, 0.2) is 5.82 Å². The molecule has 0 aliphatic carbocycles. The van der Waals surface area contributed by atoms with Gasteiger partial charge in [0.1, 0.15) is 35.2 Å². The summed E-state index contributed by atoms with van der Waals surface area (Å²) < 4.78 is 44.4. The normalized spacial score (nSPS) is 23.8. The third-order valence-electron chi connectivity index (χ3n) is 10.1. The van der Waals surface area contributed by atoms with Gasteiger partial charge in [0.25, 0.3) is 0 Å². The van der Waals surface area contributed by atoms with E-state index in [1.807, 2.05) is 0 Å². The molecule has 3 N–H and O–H groups in total. The number of phenols is 1. The lowest BCUT2D eigenvalue weighted by atomic mass is 9.94. The summed E-state index contributed by atoms with van der Waals surface area (Å²) in [6.07, 6.45) is 6.41.